The van der Waals surface area contributed by atoms with Crippen LogP contribution < -0.4 is 10.1 Å². The molecule has 2 aromatic rings. The van der Waals surface area contributed by atoms with Crippen LogP contribution in [0.4, 0.5) is 4.39 Å². The Morgan fingerprint density at radius 2 is 2.07 bits per heavy atom. The lowest BCUT2D eigenvalue weighted by Crippen LogP contribution is -2.51. The highest BCUT2D eigenvalue weighted by Crippen LogP contribution is 2.20. The summed E-state index contributed by atoms with van der Waals surface area (Å²) >= 11 is 0. The van der Waals surface area contributed by atoms with E-state index in [1.54, 1.807) is 24.0 Å². The molecule has 1 N–H and O–H groups in total. The van der Waals surface area contributed by atoms with E-state index in [0.717, 1.165) is 24.2 Å². The number of carbonyl (C=O) groups is 1. The molecular weight excluding hydrogens is 349 g/mol. The molecule has 1 atom stereocenters. The van der Waals surface area contributed by atoms with Crippen molar-refractivity contribution in [3.63, 3.8) is 0 Å². The van der Waals surface area contributed by atoms with E-state index in [0.29, 0.717) is 19.6 Å². The van der Waals surface area contributed by atoms with Crippen molar-refractivity contribution in [2.24, 2.45) is 7.05 Å². The van der Waals surface area contributed by atoms with E-state index in [9.17, 15) is 9.18 Å². The molecule has 146 valence electrons. The van der Waals surface area contributed by atoms with Crippen molar-refractivity contribution in [2.45, 2.75) is 12.6 Å². The van der Waals surface area contributed by atoms with Gasteiger partial charge < -0.3 is 15.0 Å². The molecule has 0 aliphatic carbocycles. The molecule has 8 heteroatoms. The molecule has 1 unspecified atom stereocenters. The van der Waals surface area contributed by atoms with Gasteiger partial charge in [0, 0.05) is 51.5 Å². The molecule has 1 aromatic carbocycles. The Kier molecular flexibility index (Phi) is 6.08. The van der Waals surface area contributed by atoms with E-state index in [4.69, 9.17) is 4.74 Å². The summed E-state index contributed by atoms with van der Waals surface area (Å²) in [6, 6.07) is 4.64. The van der Waals surface area contributed by atoms with Crippen LogP contribution in [-0.2, 0) is 18.4 Å². The maximum Gasteiger partial charge on any atom is 0.244 e. The van der Waals surface area contributed by atoms with E-state index < -0.39 is 0 Å². The summed E-state index contributed by atoms with van der Waals surface area (Å²) in [7, 11) is 5.07. The van der Waals surface area contributed by atoms with E-state index in [2.05, 4.69) is 15.3 Å². The fraction of sp³-hybridized carbons (Fsp3) is 0.474. The van der Waals surface area contributed by atoms with Crippen LogP contribution in [0.15, 0.2) is 30.6 Å². The lowest BCUT2D eigenvalue weighted by Gasteiger charge is -2.36. The Morgan fingerprint density at radius 3 is 2.63 bits per heavy atom. The Bertz CT molecular complexity index is 786. The van der Waals surface area contributed by atoms with E-state index in [1.165, 1.54) is 13.2 Å². The van der Waals surface area contributed by atoms with Crippen molar-refractivity contribution in [1.29, 1.82) is 0 Å². The van der Waals surface area contributed by atoms with Crippen LogP contribution in [0.1, 0.15) is 17.2 Å². The molecule has 1 fully saturated rings. The summed E-state index contributed by atoms with van der Waals surface area (Å²) in [4.78, 5) is 17.0. The summed E-state index contributed by atoms with van der Waals surface area (Å²) in [6.45, 7) is 3.46. The normalized spacial score (nSPS) is 16.4. The van der Waals surface area contributed by atoms with Gasteiger partial charge in [0.05, 0.1) is 13.3 Å². The van der Waals surface area contributed by atoms with Gasteiger partial charge in [-0.25, -0.2) is 4.39 Å². The number of aryl methyl sites for hydroxylation is 1. The summed E-state index contributed by atoms with van der Waals surface area (Å²) < 4.78 is 20.5. The monoisotopic (exact) mass is 375 g/mol. The summed E-state index contributed by atoms with van der Waals surface area (Å²) in [6.07, 6.45) is 3.57. The summed E-state index contributed by atoms with van der Waals surface area (Å²) in [5.41, 5.74) is 1.76. The van der Waals surface area contributed by atoms with Gasteiger partial charge >= 0.3 is 0 Å². The molecule has 3 rings (SSSR count). The predicted octanol–water partition coefficient (Wildman–Crippen LogP) is 1.17. The predicted molar refractivity (Wildman–Crippen MR) is 99.8 cm³/mol. The van der Waals surface area contributed by atoms with Gasteiger partial charge in [-0.05, 0) is 24.7 Å². The number of nitrogens with zero attached hydrogens (tertiary/aromatic N) is 4. The van der Waals surface area contributed by atoms with Crippen LogP contribution >= 0.6 is 0 Å². The molecule has 0 spiro atoms. The Morgan fingerprint density at radius 1 is 1.33 bits per heavy atom. The number of methoxy groups -OCH3 is 1. The molecule has 1 saturated heterocycles. The van der Waals surface area contributed by atoms with E-state index >= 15 is 0 Å². The third kappa shape index (κ3) is 4.45. The molecule has 0 radical (unpaired) electrons. The number of likely N-dealkylation sites (N-methyl/N-ethyl adjacent to an activating group) is 1. The molecule has 1 aliphatic rings. The average Bonchev–Trinajstić information content (AvgIpc) is 3.09. The van der Waals surface area contributed by atoms with Crippen LogP contribution in [0.5, 0.6) is 5.75 Å². The minimum atomic E-state index is -0.388. The van der Waals surface area contributed by atoms with Gasteiger partial charge in [-0.15, -0.1) is 0 Å². The number of hydrogen-bond donors (Lipinski definition) is 1. The van der Waals surface area contributed by atoms with Crippen LogP contribution in [0.25, 0.3) is 0 Å². The van der Waals surface area contributed by atoms with Crippen molar-refractivity contribution >= 4 is 5.91 Å². The zero-order valence-corrected chi connectivity index (χ0v) is 16.0. The largest absolute Gasteiger partial charge is 0.494 e. The first-order chi connectivity index (χ1) is 13.0. The molecule has 1 amide bonds. The van der Waals surface area contributed by atoms with Crippen LogP contribution in [-0.4, -0.2) is 65.8 Å². The molecule has 27 heavy (non-hydrogen) atoms. The van der Waals surface area contributed by atoms with E-state index in [-0.39, 0.29) is 23.5 Å². The highest BCUT2D eigenvalue weighted by molar-refractivity contribution is 5.83. The molecule has 1 aliphatic heterocycles. The number of ether oxygens (including phenoxy) is 1. The first-order valence-corrected chi connectivity index (χ1v) is 9.01. The second kappa shape index (κ2) is 8.49. The molecule has 0 bridgehead atoms. The van der Waals surface area contributed by atoms with E-state index in [1.807, 2.05) is 24.2 Å². The quantitative estimate of drug-likeness (QED) is 0.821. The summed E-state index contributed by atoms with van der Waals surface area (Å²) in [5.74, 6) is -0.0412. The highest BCUT2D eigenvalue weighted by atomic mass is 19.1. The molecule has 0 saturated carbocycles. The average molecular weight is 375 g/mol. The molecular formula is C19H26FN5O2. The fourth-order valence-corrected chi connectivity index (χ4v) is 3.40. The van der Waals surface area contributed by atoms with Crippen molar-refractivity contribution < 1.29 is 13.9 Å². The Labute approximate surface area is 158 Å². The van der Waals surface area contributed by atoms with Crippen LogP contribution in [0, 0.1) is 5.82 Å². The molecule has 1 aromatic heterocycles. The number of amides is 1. The number of piperazine rings is 1. The number of halogens is 1. The third-order valence-corrected chi connectivity index (χ3v) is 4.90. The van der Waals surface area contributed by atoms with Crippen LogP contribution in [0.3, 0.4) is 0 Å². The van der Waals surface area contributed by atoms with Crippen molar-refractivity contribution in [2.75, 3.05) is 40.3 Å². The molecule has 7 nitrogen and oxygen atoms in total. The minimum absolute atomic E-state index is 0.0561. The van der Waals surface area contributed by atoms with Gasteiger partial charge in [0.2, 0.25) is 5.91 Å². The number of rotatable bonds is 6. The number of nitrogens with one attached hydrogen (secondary N) is 1. The lowest BCUT2D eigenvalue weighted by atomic mass is 10.1. The van der Waals surface area contributed by atoms with Gasteiger partial charge in [-0.3, -0.25) is 14.4 Å². The second-order valence-electron chi connectivity index (χ2n) is 6.74. The minimum Gasteiger partial charge on any atom is -0.494 e. The third-order valence-electron chi connectivity index (χ3n) is 4.90. The maximum atomic E-state index is 13.9. The summed E-state index contributed by atoms with van der Waals surface area (Å²) in [5, 5.41) is 7.23. The fourth-order valence-electron chi connectivity index (χ4n) is 3.40. The highest BCUT2D eigenvalue weighted by Gasteiger charge is 2.28. The Balaban J connectivity index is 1.56. The van der Waals surface area contributed by atoms with Gasteiger partial charge in [-0.2, -0.15) is 5.10 Å². The zero-order chi connectivity index (χ0) is 19.4. The first-order valence-electron chi connectivity index (χ1n) is 9.01. The second-order valence-corrected chi connectivity index (χ2v) is 6.74. The van der Waals surface area contributed by atoms with Gasteiger partial charge in [0.25, 0.3) is 0 Å². The number of aromatic nitrogens is 2. The standard InChI is InChI=1S/C19H26FN5O2/c1-21-18(15-11-22-23(2)13-15)19(26)25-8-6-24(7-9-25)12-14-4-5-17(27-3)16(20)10-14/h4-5,10-11,13,18,21H,6-9,12H2,1-3H3. The number of carbonyl (C=O) groups excluding carboxylic acids is 1. The SMILES string of the molecule is CNC(C(=O)N1CCN(Cc2ccc(OC)c(F)c2)CC1)c1cnn(C)c1. The van der Waals surface area contributed by atoms with Crippen molar-refractivity contribution in [1.82, 2.24) is 24.9 Å². The lowest BCUT2D eigenvalue weighted by molar-refractivity contribution is -0.135. The smallest absolute Gasteiger partial charge is 0.244 e. The van der Waals surface area contributed by atoms with Crippen LogP contribution in [0.2, 0.25) is 0 Å². The first kappa shape index (κ1) is 19.3. The Hall–Kier alpha value is -2.45. The zero-order valence-electron chi connectivity index (χ0n) is 16.0. The van der Waals surface area contributed by atoms with Gasteiger partial charge in [-0.1, -0.05) is 6.07 Å². The molecule has 2 heterocycles. The topological polar surface area (TPSA) is 62.6 Å². The van der Waals surface area contributed by atoms with Gasteiger partial charge in [0.15, 0.2) is 11.6 Å². The van der Waals surface area contributed by atoms with Crippen molar-refractivity contribution in [3.8, 4) is 5.75 Å². The van der Waals surface area contributed by atoms with Gasteiger partial charge in [0.1, 0.15) is 6.04 Å². The number of hydrogen-bond acceptors (Lipinski definition) is 5. The maximum absolute atomic E-state index is 13.9. The van der Waals surface area contributed by atoms with Crippen molar-refractivity contribution in [3.05, 3.63) is 47.5 Å². The number of benzene rings is 1.